The quantitative estimate of drug-likeness (QED) is 0.268. The summed E-state index contributed by atoms with van der Waals surface area (Å²) in [5.41, 5.74) is 4.81. The summed E-state index contributed by atoms with van der Waals surface area (Å²) in [5, 5.41) is 3.66. The van der Waals surface area contributed by atoms with E-state index in [1.165, 1.54) is 0 Å². The third-order valence-electron chi connectivity index (χ3n) is 5.21. The first-order chi connectivity index (χ1) is 12.3. The molecule has 26 heavy (non-hydrogen) atoms. The molecule has 0 amide bonds. The number of esters is 2. The zero-order valence-electron chi connectivity index (χ0n) is 15.6. The van der Waals surface area contributed by atoms with Gasteiger partial charge in [0.1, 0.15) is 0 Å². The molecule has 9 heteroatoms. The lowest BCUT2D eigenvalue weighted by Crippen LogP contribution is -2.53. The van der Waals surface area contributed by atoms with Crippen LogP contribution in [-0.4, -0.2) is 48.6 Å². The average Bonchev–Trinajstić information content (AvgIpc) is 3.03. The van der Waals surface area contributed by atoms with E-state index in [1.54, 1.807) is 13.8 Å². The van der Waals surface area contributed by atoms with Crippen LogP contribution in [0, 0.1) is 11.8 Å². The first-order valence-electron chi connectivity index (χ1n) is 9.09. The Morgan fingerprint density at radius 1 is 1.27 bits per heavy atom. The van der Waals surface area contributed by atoms with Gasteiger partial charge in [0.15, 0.2) is 5.54 Å². The molecule has 2 aliphatic carbocycles. The molecule has 0 bridgehead atoms. The van der Waals surface area contributed by atoms with E-state index in [2.05, 4.69) is 10.0 Å². The van der Waals surface area contributed by atoms with Gasteiger partial charge in [-0.05, 0) is 39.1 Å². The van der Waals surface area contributed by atoms with Crippen LogP contribution in [-0.2, 0) is 23.8 Å². The van der Waals surface area contributed by atoms with Crippen LogP contribution in [0.3, 0.4) is 0 Å². The van der Waals surface area contributed by atoms with Crippen molar-refractivity contribution in [3.8, 4) is 0 Å². The van der Waals surface area contributed by atoms with Crippen molar-refractivity contribution in [1.29, 1.82) is 0 Å². The molecule has 2 fully saturated rings. The molecule has 146 valence electrons. The number of fused-ring (bicyclic) bond motifs is 1. The zero-order valence-corrected chi connectivity index (χ0v) is 15.6. The van der Waals surface area contributed by atoms with Gasteiger partial charge < -0.3 is 14.2 Å². The molecule has 0 aliphatic heterocycles. The van der Waals surface area contributed by atoms with Crippen LogP contribution in [0.5, 0.6) is 0 Å². The lowest BCUT2D eigenvalue weighted by molar-refractivity contribution is -0.164. The van der Waals surface area contributed by atoms with Gasteiger partial charge in [-0.2, -0.15) is 0 Å². The number of azide groups is 1. The minimum absolute atomic E-state index is 0.0192. The zero-order chi connectivity index (χ0) is 19.5. The van der Waals surface area contributed by atoms with Crippen molar-refractivity contribution in [3.05, 3.63) is 10.4 Å². The number of hydrogen-bond donors (Lipinski definition) is 0. The largest absolute Gasteiger partial charge is 0.465 e. The van der Waals surface area contributed by atoms with Crippen molar-refractivity contribution in [2.45, 2.75) is 70.4 Å². The normalized spacial score (nSPS) is 35.8. The molecule has 0 spiro atoms. The van der Waals surface area contributed by atoms with E-state index in [4.69, 9.17) is 19.7 Å². The van der Waals surface area contributed by atoms with E-state index in [-0.39, 0.29) is 25.7 Å². The Labute approximate surface area is 152 Å². The van der Waals surface area contributed by atoms with Crippen molar-refractivity contribution < 1.29 is 28.2 Å². The topological polar surface area (TPSA) is 111 Å². The van der Waals surface area contributed by atoms with Crippen LogP contribution in [0.1, 0.15) is 47.0 Å². The fraction of sp³-hybridized carbons (Fsp3) is 0.882. The number of carbonyl (C=O) groups is 2. The molecule has 0 aromatic heterocycles. The van der Waals surface area contributed by atoms with Gasteiger partial charge in [0.2, 0.25) is 5.67 Å². The first-order valence-corrected chi connectivity index (χ1v) is 9.09. The van der Waals surface area contributed by atoms with Crippen molar-refractivity contribution in [1.82, 2.24) is 0 Å². The summed E-state index contributed by atoms with van der Waals surface area (Å²) in [6.45, 7) is 7.06. The van der Waals surface area contributed by atoms with Gasteiger partial charge in [-0.1, -0.05) is 18.5 Å². The highest BCUT2D eigenvalue weighted by atomic mass is 19.1. The number of alkyl halides is 1. The van der Waals surface area contributed by atoms with Crippen LogP contribution >= 0.6 is 0 Å². The molecule has 1 unspecified atom stereocenters. The molecule has 2 aliphatic rings. The summed E-state index contributed by atoms with van der Waals surface area (Å²) < 4.78 is 31.2. The minimum Gasteiger partial charge on any atom is -0.465 e. The van der Waals surface area contributed by atoms with Gasteiger partial charge in [0.05, 0.1) is 25.4 Å². The minimum atomic E-state index is -2.36. The molecule has 0 heterocycles. The summed E-state index contributed by atoms with van der Waals surface area (Å²) in [4.78, 5) is 27.6. The molecule has 6 atom stereocenters. The Kier molecular flexibility index (Phi) is 6.13. The molecule has 0 aromatic carbocycles. The van der Waals surface area contributed by atoms with E-state index in [9.17, 15) is 9.59 Å². The third-order valence-corrected chi connectivity index (χ3v) is 5.21. The maximum Gasteiger partial charge on any atom is 0.344 e. The van der Waals surface area contributed by atoms with Gasteiger partial charge >= 0.3 is 11.9 Å². The van der Waals surface area contributed by atoms with Crippen molar-refractivity contribution in [2.75, 3.05) is 13.2 Å². The molecule has 8 nitrogen and oxygen atoms in total. The highest BCUT2D eigenvalue weighted by Crippen LogP contribution is 2.69. The number of carbonyl (C=O) groups excluding carboxylic acids is 2. The van der Waals surface area contributed by atoms with E-state index < -0.39 is 41.1 Å². The maximum absolute atomic E-state index is 15.3. The van der Waals surface area contributed by atoms with Gasteiger partial charge in [-0.25, -0.2) is 9.18 Å². The van der Waals surface area contributed by atoms with Crippen molar-refractivity contribution in [2.24, 2.45) is 17.0 Å². The molecule has 2 rings (SSSR count). The molecule has 0 aromatic rings. The average molecular weight is 371 g/mol. The summed E-state index contributed by atoms with van der Waals surface area (Å²) in [6.07, 6.45) is 0.643. The highest BCUT2D eigenvalue weighted by molar-refractivity contribution is 5.92. The summed E-state index contributed by atoms with van der Waals surface area (Å²) in [6, 6.07) is 0. The molecular formula is C17H26FN3O5. The lowest BCUT2D eigenvalue weighted by Gasteiger charge is -2.34. The fourth-order valence-electron chi connectivity index (χ4n) is 4.15. The molecule has 2 saturated carbocycles. The molecular weight excluding hydrogens is 345 g/mol. The molecule has 0 radical (unpaired) electrons. The SMILES string of the molecule is CCCC(C)O[C@@H]1C[C@@H]2[C@@H]([C@@]2(F)C(=O)OCC)[C@]1(N=[N+]=[N-])C(=O)OCC. The summed E-state index contributed by atoms with van der Waals surface area (Å²) in [7, 11) is 0. The Hall–Kier alpha value is -1.86. The van der Waals surface area contributed by atoms with Crippen LogP contribution in [0.25, 0.3) is 10.4 Å². The second-order valence-electron chi connectivity index (χ2n) is 6.77. The van der Waals surface area contributed by atoms with Gasteiger partial charge in [0.25, 0.3) is 0 Å². The van der Waals surface area contributed by atoms with E-state index >= 15 is 4.39 Å². The highest BCUT2D eigenvalue weighted by Gasteiger charge is 2.86. The third kappa shape index (κ3) is 3.03. The lowest BCUT2D eigenvalue weighted by atomic mass is 9.87. The number of nitrogens with zero attached hydrogens (tertiary/aromatic N) is 3. The summed E-state index contributed by atoms with van der Waals surface area (Å²) in [5.74, 6) is -3.82. The van der Waals surface area contributed by atoms with Crippen LogP contribution < -0.4 is 0 Å². The van der Waals surface area contributed by atoms with E-state index in [0.29, 0.717) is 0 Å². The number of halogens is 1. The second kappa shape index (κ2) is 7.80. The number of rotatable bonds is 9. The smallest absolute Gasteiger partial charge is 0.344 e. The Morgan fingerprint density at radius 2 is 1.88 bits per heavy atom. The number of hydrogen-bond acceptors (Lipinski definition) is 6. The predicted octanol–water partition coefficient (Wildman–Crippen LogP) is 3.09. The fourth-order valence-corrected chi connectivity index (χ4v) is 4.15. The van der Waals surface area contributed by atoms with Crippen molar-refractivity contribution >= 4 is 11.9 Å². The van der Waals surface area contributed by atoms with Crippen LogP contribution in [0.4, 0.5) is 4.39 Å². The monoisotopic (exact) mass is 371 g/mol. The maximum atomic E-state index is 15.3. The van der Waals surface area contributed by atoms with E-state index in [1.807, 2.05) is 13.8 Å². The van der Waals surface area contributed by atoms with Crippen LogP contribution in [0.15, 0.2) is 5.11 Å². The number of ether oxygens (including phenoxy) is 3. The molecule has 0 N–H and O–H groups in total. The standard InChI is InChI=1S/C17H26FN3O5/c1-5-8-10(4)26-12-9-11-13(16(11,18)14(22)24-6-2)17(12,20-21-19)15(23)25-7-3/h10-13H,5-9H2,1-4H3/t10?,11-,12-,13+,16-,17+/m1/s1. The van der Waals surface area contributed by atoms with Gasteiger partial charge in [0, 0.05) is 16.7 Å². The second-order valence-corrected chi connectivity index (χ2v) is 6.77. The first kappa shape index (κ1) is 20.5. The van der Waals surface area contributed by atoms with E-state index in [0.717, 1.165) is 12.8 Å². The Morgan fingerprint density at radius 3 is 2.42 bits per heavy atom. The van der Waals surface area contributed by atoms with Gasteiger partial charge in [-0.15, -0.1) is 0 Å². The Balaban J connectivity index is 2.40. The van der Waals surface area contributed by atoms with Crippen LogP contribution in [0.2, 0.25) is 0 Å². The van der Waals surface area contributed by atoms with Crippen molar-refractivity contribution in [3.63, 3.8) is 0 Å². The predicted molar refractivity (Wildman–Crippen MR) is 89.8 cm³/mol. The molecule has 0 saturated heterocycles. The Bertz CT molecular complexity index is 611. The summed E-state index contributed by atoms with van der Waals surface area (Å²) >= 11 is 0. The van der Waals surface area contributed by atoms with Gasteiger partial charge in [-0.3, -0.25) is 4.79 Å².